The van der Waals surface area contributed by atoms with Crippen molar-refractivity contribution in [1.82, 2.24) is 34.3 Å². The third-order valence-corrected chi connectivity index (χ3v) is 4.84. The number of aromatic nitrogens is 7. The fraction of sp³-hybridized carbons (Fsp3) is 0.353. The number of imidazole rings is 1. The number of aryl methyl sites for hydroxylation is 2. The number of hydrogen-bond acceptors (Lipinski definition) is 7. The van der Waals surface area contributed by atoms with Crippen molar-refractivity contribution < 1.29 is 0 Å². The molecule has 1 aliphatic rings. The van der Waals surface area contributed by atoms with Gasteiger partial charge in [-0.05, 0) is 19.1 Å². The average Bonchev–Trinajstić information content (AvgIpc) is 3.23. The van der Waals surface area contributed by atoms with E-state index in [9.17, 15) is 0 Å². The monoisotopic (exact) mass is 349 g/mol. The minimum atomic E-state index is 0.861. The van der Waals surface area contributed by atoms with Crippen molar-refractivity contribution in [1.29, 1.82) is 0 Å². The zero-order valence-electron chi connectivity index (χ0n) is 14.7. The average molecular weight is 349 g/mol. The lowest BCUT2D eigenvalue weighted by molar-refractivity contribution is 0.637. The molecule has 1 saturated heterocycles. The molecule has 0 radical (unpaired) electrons. The Bertz CT molecular complexity index is 1090. The van der Waals surface area contributed by atoms with Crippen molar-refractivity contribution >= 4 is 28.3 Å². The summed E-state index contributed by atoms with van der Waals surface area (Å²) < 4.78 is 3.63. The second kappa shape index (κ2) is 5.65. The van der Waals surface area contributed by atoms with Crippen molar-refractivity contribution in [3.63, 3.8) is 0 Å². The molecule has 0 aromatic carbocycles. The third kappa shape index (κ3) is 2.35. The fourth-order valence-electron chi connectivity index (χ4n) is 3.51. The van der Waals surface area contributed by atoms with Gasteiger partial charge in [0.25, 0.3) is 0 Å². The van der Waals surface area contributed by atoms with Crippen molar-refractivity contribution in [2.24, 2.45) is 7.05 Å². The van der Waals surface area contributed by atoms with E-state index >= 15 is 0 Å². The molecule has 5 heterocycles. The first-order chi connectivity index (χ1) is 12.7. The van der Waals surface area contributed by atoms with Crippen LogP contribution in [0.5, 0.6) is 0 Å². The smallest absolute Gasteiger partial charge is 0.163 e. The summed E-state index contributed by atoms with van der Waals surface area (Å²) in [6, 6.07) is 4.06. The largest absolute Gasteiger partial charge is 0.352 e. The highest BCUT2D eigenvalue weighted by atomic mass is 15.4. The van der Waals surface area contributed by atoms with Gasteiger partial charge in [-0.1, -0.05) is 0 Å². The maximum atomic E-state index is 4.69. The van der Waals surface area contributed by atoms with E-state index in [1.165, 1.54) is 0 Å². The van der Waals surface area contributed by atoms with Crippen LogP contribution < -0.4 is 9.80 Å². The van der Waals surface area contributed by atoms with Gasteiger partial charge in [-0.3, -0.25) is 4.68 Å². The van der Waals surface area contributed by atoms with E-state index in [-0.39, 0.29) is 0 Å². The lowest BCUT2D eigenvalue weighted by Crippen LogP contribution is -2.47. The van der Waals surface area contributed by atoms with Crippen molar-refractivity contribution in [3.8, 4) is 0 Å². The predicted octanol–water partition coefficient (Wildman–Crippen LogP) is 1.04. The van der Waals surface area contributed by atoms with Crippen LogP contribution >= 0.6 is 0 Å². The number of hydrogen-bond donors (Lipinski definition) is 0. The summed E-state index contributed by atoms with van der Waals surface area (Å²) in [7, 11) is 1.90. The van der Waals surface area contributed by atoms with E-state index < -0.39 is 0 Å². The Morgan fingerprint density at radius 3 is 2.65 bits per heavy atom. The predicted molar refractivity (Wildman–Crippen MR) is 98.5 cm³/mol. The molecule has 0 bridgehead atoms. The lowest BCUT2D eigenvalue weighted by atomic mass is 10.2. The molecule has 1 aliphatic heterocycles. The molecule has 0 N–H and O–H groups in total. The van der Waals surface area contributed by atoms with Crippen LogP contribution in [0.1, 0.15) is 5.69 Å². The highest BCUT2D eigenvalue weighted by Gasteiger charge is 2.22. The van der Waals surface area contributed by atoms with Gasteiger partial charge < -0.3 is 9.80 Å². The van der Waals surface area contributed by atoms with Crippen LogP contribution in [-0.2, 0) is 7.05 Å². The van der Waals surface area contributed by atoms with E-state index in [2.05, 4.69) is 29.9 Å². The van der Waals surface area contributed by atoms with Gasteiger partial charge >= 0.3 is 0 Å². The SMILES string of the molecule is Cc1cn2nc(N3CCN(c4ncnc5c4cnn5C)CC3)ccc2n1. The minimum absolute atomic E-state index is 0.861. The van der Waals surface area contributed by atoms with E-state index in [4.69, 9.17) is 5.10 Å². The van der Waals surface area contributed by atoms with Crippen LogP contribution in [0.3, 0.4) is 0 Å². The molecule has 9 nitrogen and oxygen atoms in total. The summed E-state index contributed by atoms with van der Waals surface area (Å²) in [5.74, 6) is 1.93. The Morgan fingerprint density at radius 2 is 1.81 bits per heavy atom. The summed E-state index contributed by atoms with van der Waals surface area (Å²) in [5.41, 5.74) is 2.72. The van der Waals surface area contributed by atoms with Gasteiger partial charge in [-0.2, -0.15) is 5.10 Å². The molecule has 0 amide bonds. The molecule has 0 saturated carbocycles. The highest BCUT2D eigenvalue weighted by Crippen LogP contribution is 2.24. The molecule has 0 spiro atoms. The molecule has 4 aromatic heterocycles. The molecule has 0 unspecified atom stereocenters. The van der Waals surface area contributed by atoms with Crippen LogP contribution in [0, 0.1) is 6.92 Å². The maximum absolute atomic E-state index is 4.69. The Kier molecular flexibility index (Phi) is 3.27. The topological polar surface area (TPSA) is 80.3 Å². The minimum Gasteiger partial charge on any atom is -0.352 e. The second-order valence-corrected chi connectivity index (χ2v) is 6.55. The zero-order valence-corrected chi connectivity index (χ0v) is 14.7. The molecule has 5 rings (SSSR count). The molecule has 132 valence electrons. The molecule has 0 aliphatic carbocycles. The summed E-state index contributed by atoms with van der Waals surface area (Å²) >= 11 is 0. The highest BCUT2D eigenvalue weighted by molar-refractivity contribution is 5.86. The fourth-order valence-corrected chi connectivity index (χ4v) is 3.51. The summed E-state index contributed by atoms with van der Waals surface area (Å²) in [6.07, 6.45) is 5.41. The number of fused-ring (bicyclic) bond motifs is 2. The second-order valence-electron chi connectivity index (χ2n) is 6.55. The molecule has 26 heavy (non-hydrogen) atoms. The van der Waals surface area contributed by atoms with Crippen molar-refractivity contribution in [2.45, 2.75) is 6.92 Å². The molecular formula is C17H19N9. The first-order valence-corrected chi connectivity index (χ1v) is 8.65. The van der Waals surface area contributed by atoms with Crippen LogP contribution in [0.4, 0.5) is 11.6 Å². The van der Waals surface area contributed by atoms with Crippen molar-refractivity contribution in [3.05, 3.63) is 36.5 Å². The van der Waals surface area contributed by atoms with E-state index in [1.807, 2.05) is 43.0 Å². The molecule has 0 atom stereocenters. The number of anilines is 2. The number of nitrogens with zero attached hydrogens (tertiary/aromatic N) is 9. The Hall–Kier alpha value is -3.23. The molecule has 4 aromatic rings. The molecular weight excluding hydrogens is 330 g/mol. The Morgan fingerprint density at radius 1 is 1.00 bits per heavy atom. The van der Waals surface area contributed by atoms with E-state index in [0.717, 1.165) is 60.2 Å². The van der Waals surface area contributed by atoms with E-state index in [0.29, 0.717) is 0 Å². The summed E-state index contributed by atoms with van der Waals surface area (Å²) in [6.45, 7) is 5.51. The lowest BCUT2D eigenvalue weighted by Gasteiger charge is -2.36. The van der Waals surface area contributed by atoms with Crippen LogP contribution in [-0.4, -0.2) is 60.5 Å². The van der Waals surface area contributed by atoms with Gasteiger partial charge in [-0.15, -0.1) is 5.10 Å². The van der Waals surface area contributed by atoms with Crippen LogP contribution in [0.25, 0.3) is 16.7 Å². The quantitative estimate of drug-likeness (QED) is 0.535. The van der Waals surface area contributed by atoms with Gasteiger partial charge in [0.2, 0.25) is 0 Å². The summed E-state index contributed by atoms with van der Waals surface area (Å²) in [5, 5.41) is 9.99. The third-order valence-electron chi connectivity index (χ3n) is 4.84. The van der Waals surface area contributed by atoms with Crippen molar-refractivity contribution in [2.75, 3.05) is 36.0 Å². The Labute approximate surface area is 149 Å². The normalized spacial score (nSPS) is 15.3. The maximum Gasteiger partial charge on any atom is 0.163 e. The van der Waals surface area contributed by atoms with Gasteiger partial charge in [0.05, 0.1) is 23.5 Å². The van der Waals surface area contributed by atoms with Gasteiger partial charge in [0.15, 0.2) is 11.3 Å². The molecule has 1 fully saturated rings. The first-order valence-electron chi connectivity index (χ1n) is 8.65. The molecule has 9 heteroatoms. The van der Waals surface area contributed by atoms with Crippen LogP contribution in [0.15, 0.2) is 30.9 Å². The number of rotatable bonds is 2. The van der Waals surface area contributed by atoms with E-state index in [1.54, 1.807) is 11.0 Å². The zero-order chi connectivity index (χ0) is 17.7. The standard InChI is InChI=1S/C17H19N9/c1-12-10-26-14(21-12)3-4-15(22-26)24-5-7-25(8-6-24)17-13-9-20-23(2)16(13)18-11-19-17/h3-4,9-11H,5-8H2,1-2H3. The summed E-state index contributed by atoms with van der Waals surface area (Å²) in [4.78, 5) is 17.8. The van der Waals surface area contributed by atoms with Gasteiger partial charge in [-0.25, -0.2) is 19.5 Å². The Balaban J connectivity index is 1.38. The van der Waals surface area contributed by atoms with Crippen LogP contribution in [0.2, 0.25) is 0 Å². The first kappa shape index (κ1) is 15.1. The number of piperazine rings is 1. The van der Waals surface area contributed by atoms with Gasteiger partial charge in [0.1, 0.15) is 18.0 Å². The van der Waals surface area contributed by atoms with Gasteiger partial charge in [0, 0.05) is 33.2 Å².